The standard InChI is InChI=1S/C15H14BrN3O/c16-14-2-1-3-15(13(14)10-17)19-8-9-20-12-6-4-11(18)5-7-12/h1-7,19H,8-9,18H2. The van der Waals surface area contributed by atoms with Crippen LogP contribution in [0.4, 0.5) is 11.4 Å². The number of rotatable bonds is 5. The van der Waals surface area contributed by atoms with Crippen LogP contribution in [0.2, 0.25) is 0 Å². The molecule has 0 atom stereocenters. The Bertz CT molecular complexity index is 620. The van der Waals surface area contributed by atoms with Crippen LogP contribution in [-0.4, -0.2) is 13.2 Å². The van der Waals surface area contributed by atoms with Crippen molar-refractivity contribution in [2.24, 2.45) is 0 Å². The van der Waals surface area contributed by atoms with Crippen LogP contribution in [0.25, 0.3) is 0 Å². The summed E-state index contributed by atoms with van der Waals surface area (Å²) in [5.74, 6) is 0.774. The van der Waals surface area contributed by atoms with Crippen LogP contribution in [0.15, 0.2) is 46.9 Å². The molecule has 0 spiro atoms. The summed E-state index contributed by atoms with van der Waals surface area (Å²) in [4.78, 5) is 0. The quantitative estimate of drug-likeness (QED) is 0.650. The van der Waals surface area contributed by atoms with Gasteiger partial charge in [-0.05, 0) is 52.3 Å². The van der Waals surface area contributed by atoms with Crippen LogP contribution in [0.1, 0.15) is 5.56 Å². The number of nitriles is 1. The molecule has 0 heterocycles. The zero-order valence-electron chi connectivity index (χ0n) is 10.8. The summed E-state index contributed by atoms with van der Waals surface area (Å²) in [5, 5.41) is 12.3. The predicted molar refractivity (Wildman–Crippen MR) is 83.7 cm³/mol. The average molecular weight is 332 g/mol. The average Bonchev–Trinajstić information content (AvgIpc) is 2.45. The normalized spacial score (nSPS) is 9.80. The Hall–Kier alpha value is -2.19. The summed E-state index contributed by atoms with van der Waals surface area (Å²) in [6.45, 7) is 1.11. The Labute approximate surface area is 126 Å². The molecule has 0 radical (unpaired) electrons. The molecule has 0 unspecified atom stereocenters. The number of ether oxygens (including phenoxy) is 1. The maximum absolute atomic E-state index is 9.10. The minimum atomic E-state index is 0.501. The van der Waals surface area contributed by atoms with Crippen molar-refractivity contribution in [3.05, 3.63) is 52.5 Å². The molecule has 0 fully saturated rings. The van der Waals surface area contributed by atoms with Crippen molar-refractivity contribution in [1.29, 1.82) is 5.26 Å². The van der Waals surface area contributed by atoms with E-state index in [4.69, 9.17) is 15.7 Å². The zero-order chi connectivity index (χ0) is 14.4. The van der Waals surface area contributed by atoms with Crippen LogP contribution in [-0.2, 0) is 0 Å². The number of hydrogen-bond acceptors (Lipinski definition) is 4. The third-order valence-corrected chi connectivity index (χ3v) is 3.35. The molecule has 0 aliphatic rings. The summed E-state index contributed by atoms with van der Waals surface area (Å²) in [6.07, 6.45) is 0. The third-order valence-electron chi connectivity index (χ3n) is 2.69. The van der Waals surface area contributed by atoms with Crippen molar-refractivity contribution < 1.29 is 4.74 Å². The van der Waals surface area contributed by atoms with Crippen molar-refractivity contribution in [2.75, 3.05) is 24.2 Å². The van der Waals surface area contributed by atoms with E-state index >= 15 is 0 Å². The number of nitrogens with one attached hydrogen (secondary N) is 1. The summed E-state index contributed by atoms with van der Waals surface area (Å²) in [5.41, 5.74) is 7.70. The lowest BCUT2D eigenvalue weighted by atomic mass is 10.2. The topological polar surface area (TPSA) is 71.1 Å². The van der Waals surface area contributed by atoms with Gasteiger partial charge < -0.3 is 15.8 Å². The summed E-state index contributed by atoms with van der Waals surface area (Å²) in [6, 6.07) is 15.0. The van der Waals surface area contributed by atoms with Gasteiger partial charge in [0.15, 0.2) is 0 Å². The van der Waals surface area contributed by atoms with Gasteiger partial charge in [-0.2, -0.15) is 5.26 Å². The van der Waals surface area contributed by atoms with Crippen LogP contribution in [0, 0.1) is 11.3 Å². The Morgan fingerprint density at radius 3 is 2.65 bits per heavy atom. The smallest absolute Gasteiger partial charge is 0.119 e. The van der Waals surface area contributed by atoms with E-state index in [-0.39, 0.29) is 0 Å². The number of benzene rings is 2. The third kappa shape index (κ3) is 3.65. The number of anilines is 2. The minimum Gasteiger partial charge on any atom is -0.492 e. The van der Waals surface area contributed by atoms with Gasteiger partial charge >= 0.3 is 0 Å². The molecule has 2 rings (SSSR count). The van der Waals surface area contributed by atoms with Gasteiger partial charge in [0, 0.05) is 16.7 Å². The second-order valence-electron chi connectivity index (χ2n) is 4.12. The Balaban J connectivity index is 1.86. The number of nitrogens with zero attached hydrogens (tertiary/aromatic N) is 1. The molecule has 0 saturated carbocycles. The first kappa shape index (κ1) is 14.2. The van der Waals surface area contributed by atoms with Gasteiger partial charge in [0.25, 0.3) is 0 Å². The molecule has 0 aromatic heterocycles. The first-order chi connectivity index (χ1) is 9.70. The lowest BCUT2D eigenvalue weighted by molar-refractivity contribution is 0.333. The van der Waals surface area contributed by atoms with Gasteiger partial charge in [-0.1, -0.05) is 6.07 Å². The van der Waals surface area contributed by atoms with Crippen molar-refractivity contribution in [3.63, 3.8) is 0 Å². The van der Waals surface area contributed by atoms with Crippen molar-refractivity contribution in [3.8, 4) is 11.8 Å². The van der Waals surface area contributed by atoms with Crippen molar-refractivity contribution in [1.82, 2.24) is 0 Å². The molecule has 0 aliphatic carbocycles. The molecule has 3 N–H and O–H groups in total. The molecule has 0 bridgehead atoms. The van der Waals surface area contributed by atoms with Crippen LogP contribution < -0.4 is 15.8 Å². The fourth-order valence-corrected chi connectivity index (χ4v) is 2.16. The van der Waals surface area contributed by atoms with E-state index in [1.165, 1.54) is 0 Å². The molecule has 0 amide bonds. The lowest BCUT2D eigenvalue weighted by Gasteiger charge is -2.10. The summed E-state index contributed by atoms with van der Waals surface area (Å²) >= 11 is 3.35. The van der Waals surface area contributed by atoms with Crippen molar-refractivity contribution in [2.45, 2.75) is 0 Å². The van der Waals surface area contributed by atoms with E-state index < -0.39 is 0 Å². The molecule has 2 aromatic carbocycles. The van der Waals surface area contributed by atoms with Gasteiger partial charge in [-0.25, -0.2) is 0 Å². The Kier molecular flexibility index (Phi) is 4.85. The zero-order valence-corrected chi connectivity index (χ0v) is 12.4. The second kappa shape index (κ2) is 6.83. The highest BCUT2D eigenvalue weighted by Crippen LogP contribution is 2.23. The first-order valence-corrected chi connectivity index (χ1v) is 6.91. The number of hydrogen-bond donors (Lipinski definition) is 2. The predicted octanol–water partition coefficient (Wildman–Crippen LogP) is 3.39. The molecule has 20 heavy (non-hydrogen) atoms. The van der Waals surface area contributed by atoms with Crippen LogP contribution in [0.3, 0.4) is 0 Å². The summed E-state index contributed by atoms with van der Waals surface area (Å²) < 4.78 is 6.36. The van der Waals surface area contributed by atoms with Gasteiger partial charge in [0.05, 0.1) is 11.3 Å². The molecule has 2 aromatic rings. The maximum Gasteiger partial charge on any atom is 0.119 e. The minimum absolute atomic E-state index is 0.501. The largest absolute Gasteiger partial charge is 0.492 e. The van der Waals surface area contributed by atoms with E-state index in [0.717, 1.165) is 15.9 Å². The molecule has 5 heteroatoms. The Morgan fingerprint density at radius 1 is 1.20 bits per heavy atom. The van der Waals surface area contributed by atoms with E-state index in [2.05, 4.69) is 27.3 Å². The maximum atomic E-state index is 9.10. The second-order valence-corrected chi connectivity index (χ2v) is 4.97. The highest BCUT2D eigenvalue weighted by Gasteiger charge is 2.04. The molecule has 0 aliphatic heterocycles. The van der Waals surface area contributed by atoms with E-state index in [0.29, 0.717) is 24.4 Å². The summed E-state index contributed by atoms with van der Waals surface area (Å²) in [7, 11) is 0. The van der Waals surface area contributed by atoms with Gasteiger partial charge in [0.1, 0.15) is 18.4 Å². The lowest BCUT2D eigenvalue weighted by Crippen LogP contribution is -2.12. The highest BCUT2D eigenvalue weighted by molar-refractivity contribution is 9.10. The molecular formula is C15H14BrN3O. The van der Waals surface area contributed by atoms with Gasteiger partial charge in [-0.15, -0.1) is 0 Å². The first-order valence-electron chi connectivity index (χ1n) is 6.11. The van der Waals surface area contributed by atoms with E-state index in [1.807, 2.05) is 30.3 Å². The Morgan fingerprint density at radius 2 is 1.95 bits per heavy atom. The molecular weight excluding hydrogens is 318 g/mol. The fraction of sp³-hybridized carbons (Fsp3) is 0.133. The van der Waals surface area contributed by atoms with E-state index in [9.17, 15) is 0 Å². The molecule has 0 saturated heterocycles. The van der Waals surface area contributed by atoms with Gasteiger partial charge in [-0.3, -0.25) is 0 Å². The molecule has 4 nitrogen and oxygen atoms in total. The fourth-order valence-electron chi connectivity index (χ4n) is 1.70. The van der Waals surface area contributed by atoms with Crippen molar-refractivity contribution >= 4 is 27.3 Å². The number of nitrogens with two attached hydrogens (primary N) is 1. The van der Waals surface area contributed by atoms with Crippen LogP contribution in [0.5, 0.6) is 5.75 Å². The number of nitrogen functional groups attached to an aromatic ring is 1. The van der Waals surface area contributed by atoms with E-state index in [1.54, 1.807) is 12.1 Å². The highest BCUT2D eigenvalue weighted by atomic mass is 79.9. The van der Waals surface area contributed by atoms with Gasteiger partial charge in [0.2, 0.25) is 0 Å². The SMILES string of the molecule is N#Cc1c(Br)cccc1NCCOc1ccc(N)cc1. The monoisotopic (exact) mass is 331 g/mol. The van der Waals surface area contributed by atoms with Crippen LogP contribution >= 0.6 is 15.9 Å². The number of halogens is 1. The molecule has 102 valence electrons.